The Labute approximate surface area is 113 Å². The number of aryl methyl sites for hydroxylation is 1. The Kier molecular flexibility index (Phi) is 4.19. The molecule has 1 aliphatic carbocycles. The number of nitrogens with two attached hydrogens (primary N) is 1. The average molecular weight is 263 g/mol. The summed E-state index contributed by atoms with van der Waals surface area (Å²) >= 11 is 0. The lowest BCUT2D eigenvalue weighted by Gasteiger charge is -2.10. The molecule has 1 heterocycles. The Bertz CT molecular complexity index is 470. The fraction of sp³-hybridized carbons (Fsp3) is 0.615. The van der Waals surface area contributed by atoms with Crippen LogP contribution in [-0.2, 0) is 4.79 Å². The van der Waals surface area contributed by atoms with Crippen LogP contribution < -0.4 is 16.4 Å². The lowest BCUT2D eigenvalue weighted by atomic mass is 10.2. The van der Waals surface area contributed by atoms with E-state index in [0.717, 1.165) is 30.6 Å². The van der Waals surface area contributed by atoms with E-state index in [0.29, 0.717) is 30.6 Å². The monoisotopic (exact) mass is 263 g/mol. The molecule has 1 fully saturated rings. The van der Waals surface area contributed by atoms with E-state index in [2.05, 4.69) is 20.6 Å². The second kappa shape index (κ2) is 5.86. The van der Waals surface area contributed by atoms with E-state index < -0.39 is 0 Å². The molecule has 1 aromatic heterocycles. The number of hydrogen-bond acceptors (Lipinski definition) is 5. The van der Waals surface area contributed by atoms with Crippen LogP contribution in [0.5, 0.6) is 0 Å². The zero-order valence-corrected chi connectivity index (χ0v) is 11.5. The molecule has 0 aliphatic heterocycles. The van der Waals surface area contributed by atoms with Crippen molar-refractivity contribution < 1.29 is 4.79 Å². The minimum absolute atomic E-state index is 0.138. The first-order valence-electron chi connectivity index (χ1n) is 6.70. The van der Waals surface area contributed by atoms with Crippen LogP contribution in [0.3, 0.4) is 0 Å². The molecule has 19 heavy (non-hydrogen) atoms. The summed E-state index contributed by atoms with van der Waals surface area (Å²) in [5.41, 5.74) is 6.64. The third-order valence-corrected chi connectivity index (χ3v) is 3.11. The fourth-order valence-corrected chi connectivity index (χ4v) is 1.81. The van der Waals surface area contributed by atoms with Crippen molar-refractivity contribution in [1.29, 1.82) is 0 Å². The second-order valence-corrected chi connectivity index (χ2v) is 5.00. The lowest BCUT2D eigenvalue weighted by Crippen LogP contribution is -2.25. The summed E-state index contributed by atoms with van der Waals surface area (Å²) in [6.07, 6.45) is 3.58. The van der Waals surface area contributed by atoms with Gasteiger partial charge in [-0.05, 0) is 33.1 Å². The van der Waals surface area contributed by atoms with Gasteiger partial charge in [-0.2, -0.15) is 0 Å². The van der Waals surface area contributed by atoms with Gasteiger partial charge in [0.15, 0.2) is 0 Å². The average Bonchev–Trinajstić information content (AvgIpc) is 3.14. The van der Waals surface area contributed by atoms with E-state index in [9.17, 15) is 4.79 Å². The summed E-state index contributed by atoms with van der Waals surface area (Å²) in [5, 5.41) is 6.18. The number of aromatic nitrogens is 2. The first-order valence-corrected chi connectivity index (χ1v) is 6.70. The molecule has 0 atom stereocenters. The third-order valence-electron chi connectivity index (χ3n) is 3.11. The molecule has 2 rings (SSSR count). The summed E-state index contributed by atoms with van der Waals surface area (Å²) in [6.45, 7) is 4.40. The van der Waals surface area contributed by atoms with Crippen molar-refractivity contribution in [2.45, 2.75) is 45.6 Å². The minimum Gasteiger partial charge on any atom is -0.383 e. The van der Waals surface area contributed by atoms with Crippen LogP contribution in [0.25, 0.3) is 0 Å². The standard InChI is InChI=1S/C13H21N5O/c1-8-12(14)16-9(2)17-13(8)15-7-3-4-11(19)18-10-5-6-10/h10H,3-7H2,1-2H3,(H,18,19)(H3,14,15,16,17). The van der Waals surface area contributed by atoms with Gasteiger partial charge < -0.3 is 16.4 Å². The Morgan fingerprint density at radius 3 is 2.79 bits per heavy atom. The number of nitrogens with one attached hydrogen (secondary N) is 2. The highest BCUT2D eigenvalue weighted by Gasteiger charge is 2.22. The van der Waals surface area contributed by atoms with Crippen molar-refractivity contribution in [3.8, 4) is 0 Å². The van der Waals surface area contributed by atoms with Gasteiger partial charge in [0.05, 0.1) is 0 Å². The Balaban J connectivity index is 1.74. The molecule has 4 N–H and O–H groups in total. The highest BCUT2D eigenvalue weighted by Crippen LogP contribution is 2.19. The maximum Gasteiger partial charge on any atom is 0.220 e. The van der Waals surface area contributed by atoms with Crippen LogP contribution in [0, 0.1) is 13.8 Å². The predicted molar refractivity (Wildman–Crippen MR) is 74.8 cm³/mol. The molecule has 1 amide bonds. The van der Waals surface area contributed by atoms with Crippen LogP contribution in [0.1, 0.15) is 37.1 Å². The van der Waals surface area contributed by atoms with Gasteiger partial charge in [0, 0.05) is 24.6 Å². The third kappa shape index (κ3) is 4.08. The Hall–Kier alpha value is -1.85. The number of carbonyl (C=O) groups excluding carboxylic acids is 1. The van der Waals surface area contributed by atoms with E-state index in [1.54, 1.807) is 0 Å². The maximum atomic E-state index is 11.5. The molecular formula is C13H21N5O. The van der Waals surface area contributed by atoms with Gasteiger partial charge in [-0.3, -0.25) is 4.79 Å². The molecule has 0 aromatic carbocycles. The van der Waals surface area contributed by atoms with Crippen LogP contribution in [0.15, 0.2) is 0 Å². The van der Waals surface area contributed by atoms with Crippen molar-refractivity contribution in [2.75, 3.05) is 17.6 Å². The van der Waals surface area contributed by atoms with Gasteiger partial charge in [-0.25, -0.2) is 9.97 Å². The van der Waals surface area contributed by atoms with Crippen molar-refractivity contribution in [1.82, 2.24) is 15.3 Å². The molecule has 6 nitrogen and oxygen atoms in total. The van der Waals surface area contributed by atoms with Gasteiger partial charge in [0.1, 0.15) is 17.5 Å². The van der Waals surface area contributed by atoms with Crippen molar-refractivity contribution in [3.63, 3.8) is 0 Å². The van der Waals surface area contributed by atoms with Gasteiger partial charge in [0.25, 0.3) is 0 Å². The van der Waals surface area contributed by atoms with Crippen LogP contribution in [-0.4, -0.2) is 28.5 Å². The molecule has 0 bridgehead atoms. The van der Waals surface area contributed by atoms with Gasteiger partial charge in [0.2, 0.25) is 5.91 Å². The number of nitrogen functional groups attached to an aromatic ring is 1. The largest absolute Gasteiger partial charge is 0.383 e. The molecule has 1 aromatic rings. The molecule has 0 saturated heterocycles. The topological polar surface area (TPSA) is 92.9 Å². The second-order valence-electron chi connectivity index (χ2n) is 5.00. The predicted octanol–water partition coefficient (Wildman–Crippen LogP) is 1.15. The maximum absolute atomic E-state index is 11.5. The van der Waals surface area contributed by atoms with Crippen LogP contribution in [0.2, 0.25) is 0 Å². The first-order chi connectivity index (χ1) is 9.06. The Morgan fingerprint density at radius 1 is 1.37 bits per heavy atom. The molecule has 1 aliphatic rings. The zero-order valence-electron chi connectivity index (χ0n) is 11.5. The summed E-state index contributed by atoms with van der Waals surface area (Å²) in [5.74, 6) is 2.05. The number of nitrogens with zero attached hydrogens (tertiary/aromatic N) is 2. The number of rotatable bonds is 6. The zero-order chi connectivity index (χ0) is 13.8. The number of carbonyl (C=O) groups is 1. The summed E-state index contributed by atoms with van der Waals surface area (Å²) < 4.78 is 0. The SMILES string of the molecule is Cc1nc(N)c(C)c(NCCCC(=O)NC2CC2)n1. The first kappa shape index (κ1) is 13.6. The van der Waals surface area contributed by atoms with Crippen molar-refractivity contribution in [3.05, 3.63) is 11.4 Å². The van der Waals surface area contributed by atoms with Gasteiger partial charge in [-0.15, -0.1) is 0 Å². The summed E-state index contributed by atoms with van der Waals surface area (Å²) in [6, 6.07) is 0.437. The highest BCUT2D eigenvalue weighted by atomic mass is 16.1. The van der Waals surface area contributed by atoms with E-state index in [-0.39, 0.29) is 5.91 Å². The number of anilines is 2. The number of hydrogen-bond donors (Lipinski definition) is 3. The van der Waals surface area contributed by atoms with Crippen molar-refractivity contribution >= 4 is 17.5 Å². The lowest BCUT2D eigenvalue weighted by molar-refractivity contribution is -0.121. The summed E-state index contributed by atoms with van der Waals surface area (Å²) in [7, 11) is 0. The molecular weight excluding hydrogens is 242 g/mol. The highest BCUT2D eigenvalue weighted by molar-refractivity contribution is 5.76. The van der Waals surface area contributed by atoms with Gasteiger partial charge >= 0.3 is 0 Å². The van der Waals surface area contributed by atoms with E-state index in [1.807, 2.05) is 13.8 Å². The van der Waals surface area contributed by atoms with E-state index in [1.165, 1.54) is 0 Å². The van der Waals surface area contributed by atoms with Crippen molar-refractivity contribution in [2.24, 2.45) is 0 Å². The molecule has 6 heteroatoms. The normalized spacial score (nSPS) is 14.2. The molecule has 0 spiro atoms. The summed E-state index contributed by atoms with van der Waals surface area (Å²) in [4.78, 5) is 19.9. The fourth-order valence-electron chi connectivity index (χ4n) is 1.81. The molecule has 0 unspecified atom stereocenters. The Morgan fingerprint density at radius 2 is 2.11 bits per heavy atom. The molecule has 0 radical (unpaired) electrons. The smallest absolute Gasteiger partial charge is 0.220 e. The number of amides is 1. The van der Waals surface area contributed by atoms with Gasteiger partial charge in [-0.1, -0.05) is 0 Å². The quantitative estimate of drug-likeness (QED) is 0.669. The molecule has 1 saturated carbocycles. The molecule has 104 valence electrons. The van der Waals surface area contributed by atoms with Crippen LogP contribution >= 0.6 is 0 Å². The minimum atomic E-state index is 0.138. The van der Waals surface area contributed by atoms with E-state index >= 15 is 0 Å². The van der Waals surface area contributed by atoms with Crippen LogP contribution in [0.4, 0.5) is 11.6 Å². The van der Waals surface area contributed by atoms with E-state index in [4.69, 9.17) is 5.73 Å².